The van der Waals surface area contributed by atoms with Crippen LogP contribution < -0.4 is 4.90 Å². The molecule has 76 valence electrons. The molecule has 1 aromatic heterocycles. The fourth-order valence-corrected chi connectivity index (χ4v) is 1.65. The summed E-state index contributed by atoms with van der Waals surface area (Å²) >= 11 is 0. The summed E-state index contributed by atoms with van der Waals surface area (Å²) in [6.45, 7) is 5.77. The van der Waals surface area contributed by atoms with E-state index in [0.717, 1.165) is 38.4 Å². The molecule has 0 N–H and O–H groups in total. The smallest absolute Gasteiger partial charge is 0.0641 e. The van der Waals surface area contributed by atoms with Crippen molar-refractivity contribution in [3.05, 3.63) is 24.0 Å². The number of ether oxygens (including phenoxy) is 1. The summed E-state index contributed by atoms with van der Waals surface area (Å²) < 4.78 is 5.41. The van der Waals surface area contributed by atoms with Gasteiger partial charge >= 0.3 is 0 Å². The zero-order valence-corrected chi connectivity index (χ0v) is 8.57. The minimum Gasteiger partial charge on any atom is -0.380 e. The van der Waals surface area contributed by atoms with E-state index in [2.05, 4.69) is 22.0 Å². The van der Waals surface area contributed by atoms with Crippen LogP contribution in [0.1, 0.15) is 12.1 Å². The number of anilines is 1. The molecule has 1 aliphatic rings. The lowest BCUT2D eigenvalue weighted by atomic mass is 10.3. The van der Waals surface area contributed by atoms with E-state index >= 15 is 0 Å². The third-order valence-corrected chi connectivity index (χ3v) is 2.48. The van der Waals surface area contributed by atoms with E-state index in [9.17, 15) is 0 Å². The van der Waals surface area contributed by atoms with Gasteiger partial charge in [0.1, 0.15) is 0 Å². The first kappa shape index (κ1) is 9.46. The number of aryl methyl sites for hydroxylation is 1. The standard InChI is InChI=1S/C11H16N2O/c1-10-3-4-11(9-12-10)13-5-2-7-14-8-6-13/h3-4,9H,2,5-8H2,1H3. The maximum Gasteiger partial charge on any atom is 0.0641 e. The van der Waals surface area contributed by atoms with Gasteiger partial charge < -0.3 is 9.64 Å². The van der Waals surface area contributed by atoms with Crippen molar-refractivity contribution in [2.45, 2.75) is 13.3 Å². The second-order valence-corrected chi connectivity index (χ2v) is 3.61. The third kappa shape index (κ3) is 2.23. The second kappa shape index (κ2) is 4.42. The highest BCUT2D eigenvalue weighted by Gasteiger charge is 2.09. The Bertz CT molecular complexity index is 276. The Kier molecular flexibility index (Phi) is 2.99. The van der Waals surface area contributed by atoms with Gasteiger partial charge in [0.15, 0.2) is 0 Å². The topological polar surface area (TPSA) is 25.4 Å². The molecule has 0 unspecified atom stereocenters. The van der Waals surface area contributed by atoms with Gasteiger partial charge in [0.2, 0.25) is 0 Å². The van der Waals surface area contributed by atoms with Gasteiger partial charge in [-0.3, -0.25) is 4.98 Å². The third-order valence-electron chi connectivity index (χ3n) is 2.48. The number of hydrogen-bond acceptors (Lipinski definition) is 3. The van der Waals surface area contributed by atoms with E-state index in [1.165, 1.54) is 5.69 Å². The quantitative estimate of drug-likeness (QED) is 0.676. The molecule has 1 saturated heterocycles. The van der Waals surface area contributed by atoms with Crippen molar-refractivity contribution in [1.82, 2.24) is 4.98 Å². The Balaban J connectivity index is 2.08. The van der Waals surface area contributed by atoms with Gasteiger partial charge in [-0.1, -0.05) is 0 Å². The van der Waals surface area contributed by atoms with Gasteiger partial charge in [0, 0.05) is 25.4 Å². The molecule has 1 aliphatic heterocycles. The van der Waals surface area contributed by atoms with Crippen molar-refractivity contribution < 1.29 is 4.74 Å². The molecule has 3 heteroatoms. The summed E-state index contributed by atoms with van der Waals surface area (Å²) in [6, 6.07) is 4.19. The normalized spacial score (nSPS) is 17.9. The fourth-order valence-electron chi connectivity index (χ4n) is 1.65. The van der Waals surface area contributed by atoms with E-state index in [0.29, 0.717) is 0 Å². The van der Waals surface area contributed by atoms with Crippen LogP contribution in [0.4, 0.5) is 5.69 Å². The first-order valence-electron chi connectivity index (χ1n) is 5.11. The van der Waals surface area contributed by atoms with Crippen molar-refractivity contribution >= 4 is 5.69 Å². The lowest BCUT2D eigenvalue weighted by Gasteiger charge is -2.21. The summed E-state index contributed by atoms with van der Waals surface area (Å²) in [7, 11) is 0. The van der Waals surface area contributed by atoms with Gasteiger partial charge in [-0.2, -0.15) is 0 Å². The molecule has 0 bridgehead atoms. The number of rotatable bonds is 1. The van der Waals surface area contributed by atoms with E-state index in [-0.39, 0.29) is 0 Å². The predicted octanol–water partition coefficient (Wildman–Crippen LogP) is 1.62. The molecule has 0 atom stereocenters. The molecule has 0 amide bonds. The first-order valence-corrected chi connectivity index (χ1v) is 5.11. The zero-order chi connectivity index (χ0) is 9.80. The highest BCUT2D eigenvalue weighted by molar-refractivity contribution is 5.44. The Morgan fingerprint density at radius 1 is 1.29 bits per heavy atom. The molecule has 0 aliphatic carbocycles. The van der Waals surface area contributed by atoms with Gasteiger partial charge in [-0.15, -0.1) is 0 Å². The summed E-state index contributed by atoms with van der Waals surface area (Å²) in [5, 5.41) is 0. The van der Waals surface area contributed by atoms with E-state index in [1.54, 1.807) is 0 Å². The van der Waals surface area contributed by atoms with Crippen LogP contribution >= 0.6 is 0 Å². The molecule has 2 rings (SSSR count). The van der Waals surface area contributed by atoms with E-state index in [4.69, 9.17) is 4.74 Å². The van der Waals surface area contributed by atoms with Crippen LogP contribution in [0.3, 0.4) is 0 Å². The van der Waals surface area contributed by atoms with Crippen LogP contribution in [0.2, 0.25) is 0 Å². The van der Waals surface area contributed by atoms with Crippen LogP contribution in [0.5, 0.6) is 0 Å². The fraction of sp³-hybridized carbons (Fsp3) is 0.545. The van der Waals surface area contributed by atoms with Crippen molar-refractivity contribution in [3.8, 4) is 0 Å². The van der Waals surface area contributed by atoms with Crippen LogP contribution in [0.25, 0.3) is 0 Å². The number of hydrogen-bond donors (Lipinski definition) is 0. The molecule has 1 fully saturated rings. The average molecular weight is 192 g/mol. The molecule has 0 saturated carbocycles. The van der Waals surface area contributed by atoms with Crippen LogP contribution in [0.15, 0.2) is 18.3 Å². The Labute approximate surface area is 84.7 Å². The zero-order valence-electron chi connectivity index (χ0n) is 8.57. The summed E-state index contributed by atoms with van der Waals surface area (Å²) in [4.78, 5) is 6.64. The highest BCUT2D eigenvalue weighted by atomic mass is 16.5. The molecule has 14 heavy (non-hydrogen) atoms. The molecule has 2 heterocycles. The molecule has 0 spiro atoms. The molecule has 1 aromatic rings. The predicted molar refractivity (Wildman–Crippen MR) is 56.6 cm³/mol. The van der Waals surface area contributed by atoms with Crippen molar-refractivity contribution in [2.24, 2.45) is 0 Å². The molecule has 0 aromatic carbocycles. The Morgan fingerprint density at radius 2 is 2.21 bits per heavy atom. The lowest BCUT2D eigenvalue weighted by molar-refractivity contribution is 0.152. The summed E-state index contributed by atoms with van der Waals surface area (Å²) in [6.07, 6.45) is 3.05. The number of pyridine rings is 1. The van der Waals surface area contributed by atoms with Gasteiger partial charge in [0.05, 0.1) is 18.5 Å². The minimum atomic E-state index is 0.827. The number of aromatic nitrogens is 1. The molecule has 3 nitrogen and oxygen atoms in total. The maximum atomic E-state index is 5.41. The average Bonchev–Trinajstić information content (AvgIpc) is 2.47. The molecule has 0 radical (unpaired) electrons. The van der Waals surface area contributed by atoms with Gasteiger partial charge in [-0.05, 0) is 25.5 Å². The summed E-state index contributed by atoms with van der Waals surface area (Å²) in [5.41, 5.74) is 2.28. The summed E-state index contributed by atoms with van der Waals surface area (Å²) in [5.74, 6) is 0. The SMILES string of the molecule is Cc1ccc(N2CCCOCC2)cn1. The lowest BCUT2D eigenvalue weighted by Crippen LogP contribution is -2.25. The monoisotopic (exact) mass is 192 g/mol. The Morgan fingerprint density at radius 3 is 3.00 bits per heavy atom. The van der Waals surface area contributed by atoms with Crippen molar-refractivity contribution in [1.29, 1.82) is 0 Å². The highest BCUT2D eigenvalue weighted by Crippen LogP contribution is 2.14. The first-order chi connectivity index (χ1) is 6.86. The Hall–Kier alpha value is -1.09. The van der Waals surface area contributed by atoms with Crippen LogP contribution in [-0.2, 0) is 4.74 Å². The second-order valence-electron chi connectivity index (χ2n) is 3.61. The van der Waals surface area contributed by atoms with Crippen molar-refractivity contribution in [3.63, 3.8) is 0 Å². The molecular formula is C11H16N2O. The van der Waals surface area contributed by atoms with E-state index in [1.807, 2.05) is 13.1 Å². The van der Waals surface area contributed by atoms with Crippen LogP contribution in [-0.4, -0.2) is 31.3 Å². The number of nitrogens with zero attached hydrogens (tertiary/aromatic N) is 2. The van der Waals surface area contributed by atoms with Crippen molar-refractivity contribution in [2.75, 3.05) is 31.2 Å². The van der Waals surface area contributed by atoms with Gasteiger partial charge in [-0.25, -0.2) is 0 Å². The molecular weight excluding hydrogens is 176 g/mol. The maximum absolute atomic E-state index is 5.41. The minimum absolute atomic E-state index is 0.827. The largest absolute Gasteiger partial charge is 0.380 e. The van der Waals surface area contributed by atoms with E-state index < -0.39 is 0 Å². The van der Waals surface area contributed by atoms with Crippen LogP contribution in [0, 0.1) is 6.92 Å². The van der Waals surface area contributed by atoms with Gasteiger partial charge in [0.25, 0.3) is 0 Å².